The van der Waals surface area contributed by atoms with Crippen molar-refractivity contribution in [1.82, 2.24) is 20.2 Å². The highest BCUT2D eigenvalue weighted by molar-refractivity contribution is 5.71. The normalized spacial score (nSPS) is 10.3. The molecule has 54 valence electrons. The number of hydrogen-bond donors (Lipinski definition) is 0. The Bertz CT molecular complexity index is 380. The number of rotatable bonds is 0. The van der Waals surface area contributed by atoms with Gasteiger partial charge in [0, 0.05) is 12.4 Å². The van der Waals surface area contributed by atoms with Crippen LogP contribution in [0.4, 0.5) is 0 Å². The summed E-state index contributed by atoms with van der Waals surface area (Å²) in [4.78, 5) is 8.12. The summed E-state index contributed by atoms with van der Waals surface area (Å²) in [6.07, 6.45) is 4.94. The first-order chi connectivity index (χ1) is 5.38. The van der Waals surface area contributed by atoms with E-state index in [2.05, 4.69) is 20.2 Å². The van der Waals surface area contributed by atoms with Crippen molar-refractivity contribution < 1.29 is 0 Å². The fourth-order valence-corrected chi connectivity index (χ4v) is 0.913. The van der Waals surface area contributed by atoms with Crippen molar-refractivity contribution >= 4 is 11.2 Å². The number of aryl methyl sites for hydroxylation is 1. The van der Waals surface area contributed by atoms with Crippen LogP contribution >= 0.6 is 0 Å². The molecule has 0 saturated carbocycles. The standard InChI is InChI=1S/C7H6N4/c1-5-4-10-11-7-6(5)8-2-3-9-7/h2-4H,1H3. The van der Waals surface area contributed by atoms with Crippen LogP contribution in [0, 0.1) is 6.92 Å². The van der Waals surface area contributed by atoms with Gasteiger partial charge in [-0.2, -0.15) is 5.10 Å². The molecule has 0 amide bonds. The molecule has 0 aliphatic carbocycles. The van der Waals surface area contributed by atoms with Crippen LogP contribution in [0.25, 0.3) is 11.2 Å². The van der Waals surface area contributed by atoms with Crippen LogP contribution in [0.2, 0.25) is 0 Å². The van der Waals surface area contributed by atoms with E-state index in [1.807, 2.05) is 6.92 Å². The summed E-state index contributed by atoms with van der Waals surface area (Å²) in [5, 5.41) is 7.58. The van der Waals surface area contributed by atoms with Gasteiger partial charge in [-0.25, -0.2) is 4.98 Å². The largest absolute Gasteiger partial charge is 0.251 e. The quantitative estimate of drug-likeness (QED) is 0.549. The molecule has 0 unspecified atom stereocenters. The van der Waals surface area contributed by atoms with E-state index in [4.69, 9.17) is 0 Å². The minimum Gasteiger partial charge on any atom is -0.251 e. The first kappa shape index (κ1) is 6.15. The van der Waals surface area contributed by atoms with Crippen molar-refractivity contribution in [2.45, 2.75) is 6.92 Å². The fourth-order valence-electron chi connectivity index (χ4n) is 0.913. The maximum Gasteiger partial charge on any atom is 0.200 e. The lowest BCUT2D eigenvalue weighted by Gasteiger charge is -1.94. The third-order valence-electron chi connectivity index (χ3n) is 1.46. The Balaban J connectivity index is 2.91. The molecule has 0 aromatic carbocycles. The van der Waals surface area contributed by atoms with Crippen LogP contribution in [0.3, 0.4) is 0 Å². The lowest BCUT2D eigenvalue weighted by atomic mass is 10.3. The third-order valence-corrected chi connectivity index (χ3v) is 1.46. The highest BCUT2D eigenvalue weighted by Gasteiger charge is 1.97. The monoisotopic (exact) mass is 146 g/mol. The molecule has 4 nitrogen and oxygen atoms in total. The Labute approximate surface area is 63.3 Å². The fraction of sp³-hybridized carbons (Fsp3) is 0.143. The summed E-state index contributed by atoms with van der Waals surface area (Å²) in [6.45, 7) is 1.94. The van der Waals surface area contributed by atoms with Crippen LogP contribution in [-0.2, 0) is 0 Å². The molecule has 0 N–H and O–H groups in total. The summed E-state index contributed by atoms with van der Waals surface area (Å²) in [6, 6.07) is 0. The van der Waals surface area contributed by atoms with Crippen LogP contribution in [-0.4, -0.2) is 20.2 Å². The highest BCUT2D eigenvalue weighted by atomic mass is 15.1. The molecular weight excluding hydrogens is 140 g/mol. The minimum absolute atomic E-state index is 0.604. The second kappa shape index (κ2) is 2.23. The molecule has 0 radical (unpaired) electrons. The zero-order valence-corrected chi connectivity index (χ0v) is 6.02. The maximum atomic E-state index is 4.12. The molecule has 0 aliphatic rings. The Morgan fingerprint density at radius 3 is 2.82 bits per heavy atom. The SMILES string of the molecule is Cc1cnnc2nccnc12. The van der Waals surface area contributed by atoms with Gasteiger partial charge >= 0.3 is 0 Å². The van der Waals surface area contributed by atoms with Gasteiger partial charge in [-0.1, -0.05) is 0 Å². The van der Waals surface area contributed by atoms with Gasteiger partial charge in [0.2, 0.25) is 5.65 Å². The van der Waals surface area contributed by atoms with E-state index in [0.717, 1.165) is 11.1 Å². The van der Waals surface area contributed by atoms with E-state index in [1.54, 1.807) is 18.6 Å². The molecule has 0 bridgehead atoms. The van der Waals surface area contributed by atoms with E-state index in [9.17, 15) is 0 Å². The number of fused-ring (bicyclic) bond motifs is 1. The average molecular weight is 146 g/mol. The van der Waals surface area contributed by atoms with Gasteiger partial charge < -0.3 is 0 Å². The average Bonchev–Trinajstić information content (AvgIpc) is 2.06. The Morgan fingerprint density at radius 1 is 1.18 bits per heavy atom. The van der Waals surface area contributed by atoms with Crippen molar-refractivity contribution in [3.05, 3.63) is 24.2 Å². The first-order valence-electron chi connectivity index (χ1n) is 3.27. The second-order valence-electron chi connectivity index (χ2n) is 2.26. The van der Waals surface area contributed by atoms with Crippen LogP contribution in [0.1, 0.15) is 5.56 Å². The Hall–Kier alpha value is -1.58. The van der Waals surface area contributed by atoms with Gasteiger partial charge in [0.15, 0.2) is 0 Å². The van der Waals surface area contributed by atoms with Crippen molar-refractivity contribution in [3.63, 3.8) is 0 Å². The van der Waals surface area contributed by atoms with E-state index in [0.29, 0.717) is 5.65 Å². The topological polar surface area (TPSA) is 51.6 Å². The lowest BCUT2D eigenvalue weighted by molar-refractivity contribution is 1.02. The van der Waals surface area contributed by atoms with Gasteiger partial charge in [0.25, 0.3) is 0 Å². The van der Waals surface area contributed by atoms with E-state index in [1.165, 1.54) is 0 Å². The third kappa shape index (κ3) is 0.920. The number of hydrogen-bond acceptors (Lipinski definition) is 4. The van der Waals surface area contributed by atoms with Crippen molar-refractivity contribution in [1.29, 1.82) is 0 Å². The van der Waals surface area contributed by atoms with E-state index >= 15 is 0 Å². The lowest BCUT2D eigenvalue weighted by Crippen LogP contribution is -1.91. The summed E-state index contributed by atoms with van der Waals surface area (Å²) < 4.78 is 0. The minimum atomic E-state index is 0.604. The zero-order valence-electron chi connectivity index (χ0n) is 6.02. The molecule has 2 heterocycles. The molecule has 2 aromatic rings. The van der Waals surface area contributed by atoms with E-state index in [-0.39, 0.29) is 0 Å². The summed E-state index contributed by atoms with van der Waals surface area (Å²) in [7, 11) is 0. The second-order valence-corrected chi connectivity index (χ2v) is 2.26. The molecule has 0 saturated heterocycles. The van der Waals surface area contributed by atoms with Crippen LogP contribution in [0.15, 0.2) is 18.6 Å². The predicted octanol–water partition coefficient (Wildman–Crippen LogP) is 0.728. The van der Waals surface area contributed by atoms with E-state index < -0.39 is 0 Å². The summed E-state index contributed by atoms with van der Waals surface area (Å²) in [5.41, 5.74) is 2.43. The maximum absolute atomic E-state index is 4.12. The van der Waals surface area contributed by atoms with Gasteiger partial charge in [-0.3, -0.25) is 4.98 Å². The molecule has 4 heteroatoms. The molecule has 0 spiro atoms. The van der Waals surface area contributed by atoms with Crippen molar-refractivity contribution in [2.75, 3.05) is 0 Å². The van der Waals surface area contributed by atoms with Crippen LogP contribution < -0.4 is 0 Å². The molecule has 11 heavy (non-hydrogen) atoms. The predicted molar refractivity (Wildman–Crippen MR) is 39.9 cm³/mol. The van der Waals surface area contributed by atoms with Crippen LogP contribution in [0.5, 0.6) is 0 Å². The molecule has 0 fully saturated rings. The number of aromatic nitrogens is 4. The number of nitrogens with zero attached hydrogens (tertiary/aromatic N) is 4. The molecule has 0 atom stereocenters. The van der Waals surface area contributed by atoms with Gasteiger partial charge in [0.05, 0.1) is 6.20 Å². The summed E-state index contributed by atoms with van der Waals surface area (Å²) >= 11 is 0. The molecule has 2 aromatic heterocycles. The van der Waals surface area contributed by atoms with Gasteiger partial charge in [-0.15, -0.1) is 5.10 Å². The Kier molecular flexibility index (Phi) is 1.25. The van der Waals surface area contributed by atoms with Gasteiger partial charge in [-0.05, 0) is 12.5 Å². The van der Waals surface area contributed by atoms with Gasteiger partial charge in [0.1, 0.15) is 5.52 Å². The summed E-state index contributed by atoms with van der Waals surface area (Å²) in [5.74, 6) is 0. The zero-order chi connectivity index (χ0) is 7.68. The first-order valence-corrected chi connectivity index (χ1v) is 3.27. The molecule has 2 rings (SSSR count). The smallest absolute Gasteiger partial charge is 0.200 e. The molecule has 0 aliphatic heterocycles. The van der Waals surface area contributed by atoms with Crippen molar-refractivity contribution in [2.24, 2.45) is 0 Å². The van der Waals surface area contributed by atoms with Crippen molar-refractivity contribution in [3.8, 4) is 0 Å². The molecular formula is C7H6N4. The highest BCUT2D eigenvalue weighted by Crippen LogP contribution is 2.06. The Morgan fingerprint density at radius 2 is 2.00 bits per heavy atom.